The number of nitrogens with one attached hydrogen (secondary N) is 1. The Labute approximate surface area is 119 Å². The van der Waals surface area contributed by atoms with Gasteiger partial charge in [0.05, 0.1) is 28.8 Å². The highest BCUT2D eigenvalue weighted by Crippen LogP contribution is 2.30. The van der Waals surface area contributed by atoms with Crippen LogP contribution in [0.3, 0.4) is 0 Å². The van der Waals surface area contributed by atoms with E-state index in [1.165, 1.54) is 0 Å². The van der Waals surface area contributed by atoms with E-state index in [-0.39, 0.29) is 5.69 Å². The zero-order valence-electron chi connectivity index (χ0n) is 11.4. The number of benzene rings is 1. The predicted molar refractivity (Wildman–Crippen MR) is 72.1 cm³/mol. The monoisotopic (exact) mass is 298 g/mol. The highest BCUT2D eigenvalue weighted by Gasteiger charge is 2.30. The second-order valence-electron chi connectivity index (χ2n) is 5.25. The molecule has 1 aliphatic rings. The van der Waals surface area contributed by atoms with Gasteiger partial charge in [0.25, 0.3) is 5.69 Å². The van der Waals surface area contributed by atoms with Crippen molar-refractivity contribution in [2.24, 2.45) is 0 Å². The van der Waals surface area contributed by atoms with Gasteiger partial charge in [-0.25, -0.2) is 9.18 Å². The zero-order chi connectivity index (χ0) is 15.6. The average Bonchev–Trinajstić information content (AvgIpc) is 2.40. The molecular weight excluding hydrogens is 283 g/mol. The van der Waals surface area contributed by atoms with Crippen LogP contribution in [0, 0.1) is 15.9 Å². The van der Waals surface area contributed by atoms with Crippen molar-refractivity contribution in [3.8, 4) is 0 Å². The molecule has 8 heteroatoms. The fraction of sp³-hybridized carbons (Fsp3) is 0.462. The highest BCUT2D eigenvalue weighted by molar-refractivity contribution is 5.93. The molecule has 1 heterocycles. The maximum atomic E-state index is 14.0. The quantitative estimate of drug-likeness (QED) is 0.653. The van der Waals surface area contributed by atoms with Crippen LogP contribution in [0.5, 0.6) is 0 Å². The minimum absolute atomic E-state index is 0.0778. The van der Waals surface area contributed by atoms with Gasteiger partial charge in [-0.2, -0.15) is 0 Å². The molecule has 1 fully saturated rings. The number of nitro groups is 1. The van der Waals surface area contributed by atoms with Crippen molar-refractivity contribution in [1.82, 2.24) is 0 Å². The Kier molecular flexibility index (Phi) is 4.08. The SMILES string of the molecule is CC1(Nc2cc(C(=O)O)c([N+](=O)[O-])cc2F)CCCOC1. The van der Waals surface area contributed by atoms with E-state index >= 15 is 0 Å². The van der Waals surface area contributed by atoms with Crippen LogP contribution >= 0.6 is 0 Å². The maximum absolute atomic E-state index is 14.0. The molecule has 0 aliphatic carbocycles. The molecule has 2 N–H and O–H groups in total. The number of halogens is 1. The second-order valence-corrected chi connectivity index (χ2v) is 5.25. The Morgan fingerprint density at radius 3 is 2.81 bits per heavy atom. The normalized spacial score (nSPS) is 21.8. The molecule has 2 rings (SSSR count). The maximum Gasteiger partial charge on any atom is 0.342 e. The van der Waals surface area contributed by atoms with E-state index in [2.05, 4.69) is 5.32 Å². The first-order valence-corrected chi connectivity index (χ1v) is 6.39. The number of carboxylic acid groups (broad SMARTS) is 1. The number of hydrogen-bond acceptors (Lipinski definition) is 5. The lowest BCUT2D eigenvalue weighted by Crippen LogP contribution is -2.43. The molecule has 114 valence electrons. The van der Waals surface area contributed by atoms with Crippen LogP contribution in [0.15, 0.2) is 12.1 Å². The smallest absolute Gasteiger partial charge is 0.342 e. The van der Waals surface area contributed by atoms with Crippen molar-refractivity contribution < 1.29 is 24.0 Å². The second kappa shape index (κ2) is 5.65. The number of hydrogen-bond donors (Lipinski definition) is 2. The van der Waals surface area contributed by atoms with E-state index in [0.717, 1.165) is 18.9 Å². The van der Waals surface area contributed by atoms with Crippen molar-refractivity contribution >= 4 is 17.3 Å². The number of nitrogens with zero attached hydrogens (tertiary/aromatic N) is 1. The van der Waals surface area contributed by atoms with Gasteiger partial charge >= 0.3 is 5.97 Å². The third kappa shape index (κ3) is 3.27. The van der Waals surface area contributed by atoms with E-state index < -0.39 is 33.5 Å². The molecule has 1 unspecified atom stereocenters. The standard InChI is InChI=1S/C13H15FN2O5/c1-13(3-2-4-21-7-13)15-10-5-8(12(17)18)11(16(19)20)6-9(10)14/h5-6,15H,2-4,7H2,1H3,(H,17,18). The van der Waals surface area contributed by atoms with Gasteiger partial charge in [0.15, 0.2) is 5.82 Å². The summed E-state index contributed by atoms with van der Waals surface area (Å²) in [6, 6.07) is 1.58. The van der Waals surface area contributed by atoms with Gasteiger partial charge in [0.1, 0.15) is 5.56 Å². The lowest BCUT2D eigenvalue weighted by molar-refractivity contribution is -0.385. The van der Waals surface area contributed by atoms with Gasteiger partial charge in [-0.1, -0.05) is 0 Å². The average molecular weight is 298 g/mol. The van der Waals surface area contributed by atoms with Gasteiger partial charge in [0, 0.05) is 6.61 Å². The molecule has 0 bridgehead atoms. The van der Waals surface area contributed by atoms with Crippen molar-refractivity contribution in [3.05, 3.63) is 33.6 Å². The van der Waals surface area contributed by atoms with E-state index in [1.807, 2.05) is 6.92 Å². The number of rotatable bonds is 4. The third-order valence-electron chi connectivity index (χ3n) is 3.39. The van der Waals surface area contributed by atoms with Crippen LogP contribution in [0.2, 0.25) is 0 Å². The van der Waals surface area contributed by atoms with Gasteiger partial charge in [0.2, 0.25) is 0 Å². The minimum Gasteiger partial charge on any atom is -0.477 e. The number of aromatic carboxylic acids is 1. The molecule has 21 heavy (non-hydrogen) atoms. The molecule has 0 spiro atoms. The van der Waals surface area contributed by atoms with Gasteiger partial charge in [-0.05, 0) is 25.8 Å². The van der Waals surface area contributed by atoms with Crippen molar-refractivity contribution in [3.63, 3.8) is 0 Å². The molecular formula is C13H15FN2O5. The minimum atomic E-state index is -1.48. The van der Waals surface area contributed by atoms with Gasteiger partial charge < -0.3 is 15.2 Å². The zero-order valence-corrected chi connectivity index (χ0v) is 11.4. The third-order valence-corrected chi connectivity index (χ3v) is 3.39. The van der Waals surface area contributed by atoms with Crippen LogP contribution in [0.1, 0.15) is 30.1 Å². The van der Waals surface area contributed by atoms with Crippen LogP contribution in [0.4, 0.5) is 15.8 Å². The van der Waals surface area contributed by atoms with Crippen molar-refractivity contribution in [2.75, 3.05) is 18.5 Å². The van der Waals surface area contributed by atoms with E-state index in [1.54, 1.807) is 0 Å². The first-order valence-electron chi connectivity index (χ1n) is 6.39. The first kappa shape index (κ1) is 15.2. The van der Waals surface area contributed by atoms with E-state index in [4.69, 9.17) is 9.84 Å². The molecule has 0 aromatic heterocycles. The molecule has 1 atom stereocenters. The number of carboxylic acids is 1. The Morgan fingerprint density at radius 1 is 1.57 bits per heavy atom. The lowest BCUT2D eigenvalue weighted by atomic mass is 9.94. The van der Waals surface area contributed by atoms with Crippen LogP contribution in [0.25, 0.3) is 0 Å². The van der Waals surface area contributed by atoms with Gasteiger partial charge in [-0.15, -0.1) is 0 Å². The Bertz CT molecular complexity index is 584. The summed E-state index contributed by atoms with van der Waals surface area (Å²) in [5.41, 5.74) is -1.93. The first-order chi connectivity index (χ1) is 9.82. The number of carbonyl (C=O) groups is 1. The lowest BCUT2D eigenvalue weighted by Gasteiger charge is -2.35. The van der Waals surface area contributed by atoms with Crippen LogP contribution < -0.4 is 5.32 Å². The number of nitro benzene ring substituents is 1. The van der Waals surface area contributed by atoms with E-state index in [0.29, 0.717) is 19.3 Å². The summed E-state index contributed by atoms with van der Waals surface area (Å²) < 4.78 is 19.3. The fourth-order valence-electron chi connectivity index (χ4n) is 2.34. The largest absolute Gasteiger partial charge is 0.477 e. The summed E-state index contributed by atoms with van der Waals surface area (Å²) in [5.74, 6) is -2.34. The summed E-state index contributed by atoms with van der Waals surface area (Å²) in [6.07, 6.45) is 1.52. The molecule has 0 radical (unpaired) electrons. The molecule has 1 aliphatic heterocycles. The Balaban J connectivity index is 2.38. The fourth-order valence-corrected chi connectivity index (χ4v) is 2.34. The molecule has 1 saturated heterocycles. The topological polar surface area (TPSA) is 102 Å². The predicted octanol–water partition coefficient (Wildman–Crippen LogP) is 2.41. The van der Waals surface area contributed by atoms with Gasteiger partial charge in [-0.3, -0.25) is 10.1 Å². The molecule has 0 amide bonds. The Hall–Kier alpha value is -2.22. The van der Waals surface area contributed by atoms with Crippen molar-refractivity contribution in [1.29, 1.82) is 0 Å². The summed E-state index contributed by atoms with van der Waals surface area (Å²) in [4.78, 5) is 20.9. The summed E-state index contributed by atoms with van der Waals surface area (Å²) in [5, 5.41) is 22.7. The Morgan fingerprint density at radius 2 is 2.29 bits per heavy atom. The van der Waals surface area contributed by atoms with Crippen LogP contribution in [-0.4, -0.2) is 34.8 Å². The van der Waals surface area contributed by atoms with Crippen LogP contribution in [-0.2, 0) is 4.74 Å². The summed E-state index contributed by atoms with van der Waals surface area (Å²) in [6.45, 7) is 2.81. The summed E-state index contributed by atoms with van der Waals surface area (Å²) >= 11 is 0. The number of ether oxygens (including phenoxy) is 1. The summed E-state index contributed by atoms with van der Waals surface area (Å²) in [7, 11) is 0. The number of anilines is 1. The molecule has 1 aromatic carbocycles. The van der Waals surface area contributed by atoms with Crippen molar-refractivity contribution in [2.45, 2.75) is 25.3 Å². The van der Waals surface area contributed by atoms with E-state index in [9.17, 15) is 19.3 Å². The molecule has 0 saturated carbocycles. The molecule has 7 nitrogen and oxygen atoms in total. The highest BCUT2D eigenvalue weighted by atomic mass is 19.1. The molecule has 1 aromatic rings.